The maximum atomic E-state index is 15.5. The zero-order valence-corrected chi connectivity index (χ0v) is 22.4. The summed E-state index contributed by atoms with van der Waals surface area (Å²) in [6.45, 7) is 3.38. The van der Waals surface area contributed by atoms with Gasteiger partial charge in [-0.25, -0.2) is 13.8 Å². The predicted molar refractivity (Wildman–Crippen MR) is 140 cm³/mol. The van der Waals surface area contributed by atoms with Gasteiger partial charge in [-0.3, -0.25) is 9.48 Å². The summed E-state index contributed by atoms with van der Waals surface area (Å²) < 4.78 is 72.2. The number of nitrogen functional groups attached to an aromatic ring is 1. The van der Waals surface area contributed by atoms with Gasteiger partial charge < -0.3 is 25.0 Å². The first-order valence-electron chi connectivity index (χ1n) is 12.2. The van der Waals surface area contributed by atoms with Crippen molar-refractivity contribution in [2.75, 3.05) is 53.7 Å². The van der Waals surface area contributed by atoms with Gasteiger partial charge in [-0.15, -0.1) is 0 Å². The van der Waals surface area contributed by atoms with Crippen LogP contribution in [0.5, 0.6) is 11.5 Å². The number of carbonyl (C=O) groups excluding carboxylic acids is 1. The smallest absolute Gasteiger partial charge is 0.289 e. The molecule has 1 atom stereocenters. The Morgan fingerprint density at radius 1 is 1.25 bits per heavy atom. The van der Waals surface area contributed by atoms with Crippen LogP contribution in [-0.4, -0.2) is 78.4 Å². The van der Waals surface area contributed by atoms with Crippen molar-refractivity contribution in [3.8, 4) is 23.3 Å². The zero-order chi connectivity index (χ0) is 29.4. The van der Waals surface area contributed by atoms with Crippen molar-refractivity contribution in [2.24, 2.45) is 0 Å². The Kier molecular flexibility index (Phi) is 7.93. The van der Waals surface area contributed by atoms with Crippen LogP contribution in [0, 0.1) is 23.5 Å². The minimum absolute atomic E-state index is 0.00704. The van der Waals surface area contributed by atoms with Crippen molar-refractivity contribution < 1.29 is 31.8 Å². The molecule has 1 aliphatic rings. The van der Waals surface area contributed by atoms with Gasteiger partial charge >= 0.3 is 0 Å². The molecule has 0 spiro atoms. The van der Waals surface area contributed by atoms with Crippen LogP contribution < -0.4 is 15.2 Å². The number of aromatic nitrogens is 3. The fourth-order valence-electron chi connectivity index (χ4n) is 4.68. The summed E-state index contributed by atoms with van der Waals surface area (Å²) in [5.74, 6) is -1.58. The lowest BCUT2D eigenvalue weighted by atomic mass is 10.1. The van der Waals surface area contributed by atoms with E-state index in [1.165, 1.54) is 48.9 Å². The average molecular weight is 561 g/mol. The second kappa shape index (κ2) is 11.1. The van der Waals surface area contributed by atoms with Gasteiger partial charge in [0.15, 0.2) is 23.1 Å². The van der Waals surface area contributed by atoms with Crippen molar-refractivity contribution in [2.45, 2.75) is 18.4 Å². The number of pyridine rings is 1. The van der Waals surface area contributed by atoms with Crippen LogP contribution in [0.15, 0.2) is 24.9 Å². The summed E-state index contributed by atoms with van der Waals surface area (Å²) in [4.78, 5) is 19.0. The number of rotatable bonds is 7. The number of halogens is 4. The van der Waals surface area contributed by atoms with Crippen LogP contribution in [0.4, 0.5) is 23.4 Å². The first-order valence-corrected chi connectivity index (χ1v) is 12.2. The molecule has 13 heteroatoms. The number of nitrogens with two attached hydrogens (primary N) is 1. The van der Waals surface area contributed by atoms with Crippen molar-refractivity contribution >= 4 is 22.6 Å². The Balaban J connectivity index is 1.97. The largest absolute Gasteiger partial charge is 0.493 e. The molecule has 1 amide bonds. The average Bonchev–Trinajstić information content (AvgIpc) is 3.53. The highest BCUT2D eigenvalue weighted by Gasteiger charge is 2.39. The molecule has 0 radical (unpaired) electrons. The van der Waals surface area contributed by atoms with Crippen LogP contribution in [-0.2, 0) is 10.7 Å². The number of carbonyl (C=O) groups is 1. The number of methoxy groups -OCH3 is 2. The Bertz CT molecular complexity index is 1510. The second-order valence-corrected chi connectivity index (χ2v) is 9.48. The maximum Gasteiger partial charge on any atom is 0.289 e. The number of hydrogen-bond donors (Lipinski definition) is 1. The number of hydrogen-bond acceptors (Lipinski definition) is 7. The van der Waals surface area contributed by atoms with E-state index >= 15 is 8.78 Å². The number of nitrogens with zero attached hydrogens (tertiary/aromatic N) is 5. The van der Waals surface area contributed by atoms with E-state index in [9.17, 15) is 13.6 Å². The number of benzene rings is 1. The molecule has 2 N–H and O–H groups in total. The molecule has 1 fully saturated rings. The summed E-state index contributed by atoms with van der Waals surface area (Å²) in [6.07, 6.45) is 2.56. The van der Waals surface area contributed by atoms with Crippen molar-refractivity contribution in [1.29, 1.82) is 0 Å². The van der Waals surface area contributed by atoms with Crippen LogP contribution in [0.3, 0.4) is 0 Å². The Morgan fingerprint density at radius 2 is 1.90 bits per heavy atom. The molecule has 0 aliphatic carbocycles. The number of alkyl halides is 2. The lowest BCUT2D eigenvalue weighted by Gasteiger charge is -2.23. The molecule has 3 aromatic rings. The monoisotopic (exact) mass is 560 g/mol. The third-order valence-electron chi connectivity index (χ3n) is 6.54. The Labute approximate surface area is 228 Å². The molecule has 1 aliphatic heterocycles. The fraction of sp³-hybridized carbons (Fsp3) is 0.370. The lowest BCUT2D eigenvalue weighted by Crippen LogP contribution is -2.31. The van der Waals surface area contributed by atoms with E-state index < -0.39 is 41.3 Å². The maximum absolute atomic E-state index is 15.5. The highest BCUT2D eigenvalue weighted by Crippen LogP contribution is 2.39. The van der Waals surface area contributed by atoms with Crippen LogP contribution in [0.2, 0.25) is 0 Å². The van der Waals surface area contributed by atoms with E-state index in [1.54, 1.807) is 0 Å². The minimum Gasteiger partial charge on any atom is -0.493 e. The summed E-state index contributed by atoms with van der Waals surface area (Å²) in [5, 5.41) is 4.48. The molecular formula is C27H28F4N6O3. The summed E-state index contributed by atoms with van der Waals surface area (Å²) in [7, 11) is 5.41. The summed E-state index contributed by atoms with van der Waals surface area (Å²) in [6, 6.07) is 0.528. The predicted octanol–water partition coefficient (Wildman–Crippen LogP) is 3.32. The second-order valence-electron chi connectivity index (χ2n) is 9.48. The molecule has 2 aromatic heterocycles. The highest BCUT2D eigenvalue weighted by molar-refractivity contribution is 5.95. The van der Waals surface area contributed by atoms with Gasteiger partial charge in [0, 0.05) is 25.4 Å². The minimum atomic E-state index is -3.38. The number of fused-ring (bicyclic) bond motifs is 1. The van der Waals surface area contributed by atoms with Gasteiger partial charge in [-0.1, -0.05) is 12.5 Å². The van der Waals surface area contributed by atoms with Gasteiger partial charge in [0.1, 0.15) is 17.1 Å². The number of anilines is 1. The molecule has 40 heavy (non-hydrogen) atoms. The number of likely N-dealkylation sites (N-methyl/N-ethyl adjacent to an activating group) is 1. The first kappa shape index (κ1) is 28.7. The Hall–Kier alpha value is -4.31. The van der Waals surface area contributed by atoms with E-state index in [1.807, 2.05) is 0 Å². The Morgan fingerprint density at radius 3 is 2.48 bits per heavy atom. The molecule has 9 nitrogen and oxygen atoms in total. The molecule has 4 rings (SSSR count). The zero-order valence-electron chi connectivity index (χ0n) is 22.4. The molecule has 0 unspecified atom stereocenters. The van der Waals surface area contributed by atoms with E-state index in [0.717, 1.165) is 12.3 Å². The van der Waals surface area contributed by atoms with E-state index in [0.29, 0.717) is 13.0 Å². The first-order chi connectivity index (χ1) is 18.9. The molecule has 1 saturated heterocycles. The molecule has 212 valence electrons. The van der Waals surface area contributed by atoms with Gasteiger partial charge in [0.25, 0.3) is 5.92 Å². The summed E-state index contributed by atoms with van der Waals surface area (Å²) >= 11 is 0. The van der Waals surface area contributed by atoms with Crippen molar-refractivity contribution in [3.63, 3.8) is 0 Å². The third kappa shape index (κ3) is 5.14. The third-order valence-corrected chi connectivity index (χ3v) is 6.54. The van der Waals surface area contributed by atoms with Gasteiger partial charge in [-0.2, -0.15) is 13.9 Å². The molecular weight excluding hydrogens is 532 g/mol. The topological polar surface area (TPSA) is 98.7 Å². The van der Waals surface area contributed by atoms with E-state index in [-0.39, 0.29) is 46.4 Å². The quantitative estimate of drug-likeness (QED) is 0.269. The molecule has 0 bridgehead atoms. The normalized spacial score (nSPS) is 15.3. The van der Waals surface area contributed by atoms with E-state index in [4.69, 9.17) is 15.2 Å². The number of likely N-dealkylation sites (tertiary alicyclic amines) is 1. The van der Waals surface area contributed by atoms with Crippen molar-refractivity contribution in [1.82, 2.24) is 24.6 Å². The SMILES string of the molecule is C=CC(=O)N1CC[C@H](n2nc(C#Cc3c(F)c(OC)cc(OC)c3F)c3c(N)ncc(C(F)(F)CN(C)C)c32)C1. The van der Waals surface area contributed by atoms with Crippen molar-refractivity contribution in [3.05, 3.63) is 53.4 Å². The number of ether oxygens (including phenoxy) is 2. The summed E-state index contributed by atoms with van der Waals surface area (Å²) in [5.41, 5.74) is 4.90. The van der Waals surface area contributed by atoms with Crippen LogP contribution in [0.1, 0.15) is 29.3 Å². The van der Waals surface area contributed by atoms with Gasteiger partial charge in [0.05, 0.1) is 43.3 Å². The van der Waals surface area contributed by atoms with Crippen LogP contribution >= 0.6 is 0 Å². The molecule has 0 saturated carbocycles. The fourth-order valence-corrected chi connectivity index (χ4v) is 4.68. The van der Waals surface area contributed by atoms with E-state index in [2.05, 4.69) is 28.5 Å². The standard InChI is InChI=1S/C27H28F4N6O3/c1-6-21(38)36-10-9-15(13-36)37-25-17(27(30,31)14-35(2)3)12-33-26(32)22(25)18(34-37)8-7-16-23(28)19(39-4)11-20(40-5)24(16)29/h6,11-12,15H,1,9-10,13-14H2,2-5H3,(H2,32,33)/t15-/m0/s1. The number of amides is 1. The highest BCUT2D eigenvalue weighted by atomic mass is 19.3. The molecule has 1 aromatic carbocycles. The van der Waals surface area contributed by atoms with Gasteiger partial charge in [-0.05, 0) is 32.5 Å². The lowest BCUT2D eigenvalue weighted by molar-refractivity contribution is -0.125. The molecule has 3 heterocycles. The van der Waals surface area contributed by atoms with Gasteiger partial charge in [0.2, 0.25) is 5.91 Å². The van der Waals surface area contributed by atoms with Crippen LogP contribution in [0.25, 0.3) is 10.9 Å².